The lowest BCUT2D eigenvalue weighted by Crippen LogP contribution is -2.56. The number of carbonyl (C=O) groups excluding carboxylic acids is 1. The first-order valence-electron chi connectivity index (χ1n) is 8.17. The highest BCUT2D eigenvalue weighted by Gasteiger charge is 2.38. The summed E-state index contributed by atoms with van der Waals surface area (Å²) in [5, 5.41) is 9.78. The SMILES string of the molecule is CN1[C@@H]2COC[C@H]1CC(OC(=O)c1c[nH]c3ccc(C#N)cc13)C2. The number of nitriles is 1. The van der Waals surface area contributed by atoms with Crippen molar-refractivity contribution >= 4 is 16.9 Å². The van der Waals surface area contributed by atoms with Crippen LogP contribution in [0.1, 0.15) is 28.8 Å². The quantitative estimate of drug-likeness (QED) is 0.855. The number of rotatable bonds is 2. The van der Waals surface area contributed by atoms with Crippen LogP contribution in [0, 0.1) is 11.3 Å². The zero-order valence-corrected chi connectivity index (χ0v) is 13.5. The first-order chi connectivity index (χ1) is 11.7. The van der Waals surface area contributed by atoms with Crippen molar-refractivity contribution < 1.29 is 14.3 Å². The molecule has 1 aromatic heterocycles. The fourth-order valence-electron chi connectivity index (χ4n) is 3.72. The van der Waals surface area contributed by atoms with Crippen LogP contribution in [0.25, 0.3) is 10.9 Å². The van der Waals surface area contributed by atoms with Crippen LogP contribution in [0.5, 0.6) is 0 Å². The molecule has 0 spiro atoms. The summed E-state index contributed by atoms with van der Waals surface area (Å²) in [7, 11) is 2.11. The van der Waals surface area contributed by atoms with Gasteiger partial charge in [0.25, 0.3) is 0 Å². The second kappa shape index (κ2) is 5.93. The molecular formula is C18H19N3O3. The van der Waals surface area contributed by atoms with Crippen LogP contribution in [0.15, 0.2) is 24.4 Å². The van der Waals surface area contributed by atoms with Gasteiger partial charge in [0.15, 0.2) is 0 Å². The van der Waals surface area contributed by atoms with Crippen molar-refractivity contribution in [2.75, 3.05) is 20.3 Å². The standard InChI is InChI=1S/C18H19N3O3/c1-21-12-5-14(6-13(21)10-23-9-12)24-18(22)16-8-20-17-3-2-11(7-19)4-15(16)17/h2-4,8,12-14,20H,5-6,9-10H2,1H3/t12-,13+,14?. The number of piperidine rings is 1. The largest absolute Gasteiger partial charge is 0.459 e. The Hall–Kier alpha value is -2.36. The van der Waals surface area contributed by atoms with E-state index in [1.165, 1.54) is 0 Å². The minimum atomic E-state index is -0.329. The lowest BCUT2D eigenvalue weighted by atomic mass is 9.92. The van der Waals surface area contributed by atoms with Crippen molar-refractivity contribution in [2.24, 2.45) is 0 Å². The molecule has 2 fully saturated rings. The van der Waals surface area contributed by atoms with Crippen LogP contribution in [0.4, 0.5) is 0 Å². The molecule has 3 atom stereocenters. The Labute approximate surface area is 140 Å². The number of aromatic nitrogens is 1. The summed E-state index contributed by atoms with van der Waals surface area (Å²) >= 11 is 0. The van der Waals surface area contributed by atoms with E-state index in [4.69, 9.17) is 14.7 Å². The number of nitrogens with one attached hydrogen (secondary N) is 1. The van der Waals surface area contributed by atoms with E-state index in [1.807, 2.05) is 6.07 Å². The number of aromatic amines is 1. The molecule has 24 heavy (non-hydrogen) atoms. The molecule has 0 amide bonds. The van der Waals surface area contributed by atoms with E-state index in [9.17, 15) is 4.79 Å². The molecule has 2 aliphatic heterocycles. The smallest absolute Gasteiger partial charge is 0.340 e. The number of hydrogen-bond acceptors (Lipinski definition) is 5. The maximum absolute atomic E-state index is 12.6. The summed E-state index contributed by atoms with van der Waals surface area (Å²) in [5.41, 5.74) is 1.85. The van der Waals surface area contributed by atoms with Crippen molar-refractivity contribution in [2.45, 2.75) is 31.0 Å². The number of carbonyl (C=O) groups is 1. The summed E-state index contributed by atoms with van der Waals surface area (Å²) in [4.78, 5) is 18.0. The van der Waals surface area contributed by atoms with Gasteiger partial charge in [0.05, 0.1) is 30.4 Å². The normalized spacial score (nSPS) is 26.9. The van der Waals surface area contributed by atoms with E-state index < -0.39 is 0 Å². The molecular weight excluding hydrogens is 306 g/mol. The average molecular weight is 325 g/mol. The highest BCUT2D eigenvalue weighted by Crippen LogP contribution is 2.29. The lowest BCUT2D eigenvalue weighted by Gasteiger charge is -2.46. The maximum atomic E-state index is 12.6. The summed E-state index contributed by atoms with van der Waals surface area (Å²) in [6, 6.07) is 7.98. The number of likely N-dealkylation sites (N-methyl/N-ethyl adjacent to an activating group) is 1. The van der Waals surface area contributed by atoms with Gasteiger partial charge in [-0.05, 0) is 25.2 Å². The fraction of sp³-hybridized carbons (Fsp3) is 0.444. The number of H-pyrrole nitrogens is 1. The summed E-state index contributed by atoms with van der Waals surface area (Å²) < 4.78 is 11.4. The molecule has 2 bridgehead atoms. The van der Waals surface area contributed by atoms with Gasteiger partial charge in [-0.25, -0.2) is 4.79 Å². The number of fused-ring (bicyclic) bond motifs is 3. The van der Waals surface area contributed by atoms with E-state index in [-0.39, 0.29) is 12.1 Å². The molecule has 124 valence electrons. The highest BCUT2D eigenvalue weighted by atomic mass is 16.5. The van der Waals surface area contributed by atoms with Gasteiger partial charge in [0.1, 0.15) is 6.10 Å². The van der Waals surface area contributed by atoms with Gasteiger partial charge in [-0.3, -0.25) is 4.90 Å². The van der Waals surface area contributed by atoms with E-state index in [1.54, 1.807) is 18.3 Å². The second-order valence-corrected chi connectivity index (χ2v) is 6.58. The minimum absolute atomic E-state index is 0.0864. The van der Waals surface area contributed by atoms with E-state index in [0.29, 0.717) is 36.4 Å². The molecule has 0 radical (unpaired) electrons. The second-order valence-electron chi connectivity index (χ2n) is 6.58. The first kappa shape index (κ1) is 15.2. The Morgan fingerprint density at radius 1 is 1.38 bits per heavy atom. The number of esters is 1. The first-order valence-corrected chi connectivity index (χ1v) is 8.17. The van der Waals surface area contributed by atoms with Crippen molar-refractivity contribution in [3.8, 4) is 6.07 Å². The minimum Gasteiger partial charge on any atom is -0.459 e. The third kappa shape index (κ3) is 2.56. The maximum Gasteiger partial charge on any atom is 0.340 e. The van der Waals surface area contributed by atoms with Gasteiger partial charge in [0, 0.05) is 42.0 Å². The van der Waals surface area contributed by atoms with Crippen LogP contribution >= 0.6 is 0 Å². The third-order valence-electron chi connectivity index (χ3n) is 5.15. The molecule has 3 heterocycles. The van der Waals surface area contributed by atoms with Crippen LogP contribution < -0.4 is 0 Å². The molecule has 6 heteroatoms. The van der Waals surface area contributed by atoms with Gasteiger partial charge in [0.2, 0.25) is 0 Å². The van der Waals surface area contributed by atoms with Gasteiger partial charge in [-0.1, -0.05) is 0 Å². The Balaban J connectivity index is 1.54. The van der Waals surface area contributed by atoms with Gasteiger partial charge in [-0.2, -0.15) is 5.26 Å². The molecule has 4 rings (SSSR count). The van der Waals surface area contributed by atoms with E-state index in [2.05, 4.69) is 23.0 Å². The van der Waals surface area contributed by atoms with Gasteiger partial charge < -0.3 is 14.5 Å². The Morgan fingerprint density at radius 2 is 2.12 bits per heavy atom. The van der Waals surface area contributed by atoms with Gasteiger partial charge in [-0.15, -0.1) is 0 Å². The number of benzene rings is 1. The summed E-state index contributed by atoms with van der Waals surface area (Å²) in [5.74, 6) is -0.329. The molecule has 6 nitrogen and oxygen atoms in total. The fourth-order valence-corrected chi connectivity index (χ4v) is 3.72. The average Bonchev–Trinajstić information content (AvgIpc) is 2.98. The van der Waals surface area contributed by atoms with Crippen molar-refractivity contribution in [1.82, 2.24) is 9.88 Å². The zero-order valence-electron chi connectivity index (χ0n) is 13.5. The van der Waals surface area contributed by atoms with Crippen molar-refractivity contribution in [1.29, 1.82) is 5.26 Å². The molecule has 2 aromatic rings. The topological polar surface area (TPSA) is 78.3 Å². The molecule has 1 unspecified atom stereocenters. The lowest BCUT2D eigenvalue weighted by molar-refractivity contribution is -0.0970. The van der Waals surface area contributed by atoms with Crippen molar-refractivity contribution in [3.05, 3.63) is 35.5 Å². The Bertz CT molecular complexity index is 809. The molecule has 1 N–H and O–H groups in total. The summed E-state index contributed by atoms with van der Waals surface area (Å²) in [6.45, 7) is 1.39. The van der Waals surface area contributed by atoms with Gasteiger partial charge >= 0.3 is 5.97 Å². The molecule has 1 aromatic carbocycles. The predicted octanol–water partition coefficient (Wildman–Crippen LogP) is 2.06. The Morgan fingerprint density at radius 3 is 2.83 bits per heavy atom. The van der Waals surface area contributed by atoms with E-state index in [0.717, 1.165) is 23.7 Å². The van der Waals surface area contributed by atoms with Crippen LogP contribution in [0.2, 0.25) is 0 Å². The highest BCUT2D eigenvalue weighted by molar-refractivity contribution is 6.04. The number of nitrogens with zero attached hydrogens (tertiary/aromatic N) is 2. The number of morpholine rings is 1. The molecule has 2 aliphatic rings. The van der Waals surface area contributed by atoms with Crippen LogP contribution in [0.3, 0.4) is 0 Å². The van der Waals surface area contributed by atoms with Crippen LogP contribution in [-0.2, 0) is 9.47 Å². The predicted molar refractivity (Wildman–Crippen MR) is 87.6 cm³/mol. The summed E-state index contributed by atoms with van der Waals surface area (Å²) in [6.07, 6.45) is 3.17. The third-order valence-corrected chi connectivity index (χ3v) is 5.15. The van der Waals surface area contributed by atoms with Crippen LogP contribution in [-0.4, -0.2) is 54.3 Å². The van der Waals surface area contributed by atoms with Crippen molar-refractivity contribution in [3.63, 3.8) is 0 Å². The zero-order chi connectivity index (χ0) is 16.7. The molecule has 0 aliphatic carbocycles. The monoisotopic (exact) mass is 325 g/mol. The Kier molecular flexibility index (Phi) is 3.75. The molecule has 0 saturated carbocycles. The number of hydrogen-bond donors (Lipinski definition) is 1. The van der Waals surface area contributed by atoms with E-state index >= 15 is 0 Å². The molecule has 2 saturated heterocycles. The number of ether oxygens (including phenoxy) is 2.